The van der Waals surface area contributed by atoms with Gasteiger partial charge in [-0.05, 0) is 49.2 Å². The zero-order valence-electron chi connectivity index (χ0n) is 9.54. The molecule has 3 heteroatoms. The highest BCUT2D eigenvalue weighted by molar-refractivity contribution is 9.10. The summed E-state index contributed by atoms with van der Waals surface area (Å²) in [5, 5.41) is 12.3. The Kier molecular flexibility index (Phi) is 2.42. The molecule has 17 heavy (non-hydrogen) atoms. The Hall–Kier alpha value is -1.06. The number of aryl methyl sites for hydroxylation is 2. The van der Waals surface area contributed by atoms with Gasteiger partial charge in [-0.3, -0.25) is 0 Å². The summed E-state index contributed by atoms with van der Waals surface area (Å²) in [4.78, 5) is 0. The fourth-order valence-corrected chi connectivity index (χ4v) is 3.69. The summed E-state index contributed by atoms with van der Waals surface area (Å²) in [5.74, 6) is 0.375. The third-order valence-electron chi connectivity index (χ3n) is 3.07. The molecule has 0 saturated heterocycles. The van der Waals surface area contributed by atoms with Crippen molar-refractivity contribution in [1.82, 2.24) is 0 Å². The normalized spacial score (nSPS) is 11.5. The van der Waals surface area contributed by atoms with Crippen LogP contribution < -0.4 is 0 Å². The number of fused-ring (bicyclic) bond motifs is 3. The van der Waals surface area contributed by atoms with Crippen molar-refractivity contribution in [3.05, 3.63) is 39.9 Å². The summed E-state index contributed by atoms with van der Waals surface area (Å²) in [6.45, 7) is 4.03. The average molecular weight is 307 g/mol. The Labute approximate surface area is 112 Å². The molecule has 0 fully saturated rings. The number of halogens is 1. The van der Waals surface area contributed by atoms with Gasteiger partial charge in [-0.1, -0.05) is 15.9 Å². The lowest BCUT2D eigenvalue weighted by Crippen LogP contribution is -1.76. The molecule has 3 aromatic rings. The van der Waals surface area contributed by atoms with Gasteiger partial charge in [-0.15, -0.1) is 11.3 Å². The fourth-order valence-electron chi connectivity index (χ4n) is 2.05. The van der Waals surface area contributed by atoms with Gasteiger partial charge in [0, 0.05) is 24.6 Å². The van der Waals surface area contributed by atoms with Gasteiger partial charge in [0.2, 0.25) is 0 Å². The van der Waals surface area contributed by atoms with Crippen molar-refractivity contribution in [3.63, 3.8) is 0 Å². The molecular formula is C14H11BrOS. The molecule has 0 atom stereocenters. The van der Waals surface area contributed by atoms with Crippen LogP contribution in [-0.4, -0.2) is 5.11 Å². The summed E-state index contributed by atoms with van der Waals surface area (Å²) >= 11 is 5.28. The number of hydrogen-bond donors (Lipinski definition) is 1. The van der Waals surface area contributed by atoms with Crippen LogP contribution in [0.4, 0.5) is 0 Å². The smallest absolute Gasteiger partial charge is 0.119 e. The largest absolute Gasteiger partial charge is 0.508 e. The van der Waals surface area contributed by atoms with Crippen molar-refractivity contribution in [2.75, 3.05) is 0 Å². The van der Waals surface area contributed by atoms with Gasteiger partial charge in [0.25, 0.3) is 0 Å². The van der Waals surface area contributed by atoms with Gasteiger partial charge >= 0.3 is 0 Å². The van der Waals surface area contributed by atoms with Gasteiger partial charge in [0.15, 0.2) is 0 Å². The second kappa shape index (κ2) is 3.72. The average Bonchev–Trinajstić information content (AvgIpc) is 2.58. The van der Waals surface area contributed by atoms with Crippen LogP contribution in [0.15, 0.2) is 28.7 Å². The molecule has 0 spiro atoms. The molecule has 1 N–H and O–H groups in total. The number of thiophene rings is 1. The van der Waals surface area contributed by atoms with E-state index in [1.807, 2.05) is 13.0 Å². The number of rotatable bonds is 0. The summed E-state index contributed by atoms with van der Waals surface area (Å²) < 4.78 is 3.53. The van der Waals surface area contributed by atoms with Gasteiger partial charge in [0.1, 0.15) is 5.75 Å². The van der Waals surface area contributed by atoms with E-state index in [1.165, 1.54) is 21.0 Å². The lowest BCUT2D eigenvalue weighted by atomic mass is 10.1. The second-order valence-electron chi connectivity index (χ2n) is 4.33. The summed E-state index contributed by atoms with van der Waals surface area (Å²) in [5.41, 5.74) is 2.17. The maximum atomic E-state index is 9.75. The third-order valence-corrected chi connectivity index (χ3v) is 5.04. The Balaban J connectivity index is 2.51. The zero-order chi connectivity index (χ0) is 12.2. The zero-order valence-corrected chi connectivity index (χ0v) is 11.9. The number of aromatic hydroxyl groups is 1. The maximum Gasteiger partial charge on any atom is 0.119 e. The second-order valence-corrected chi connectivity index (χ2v) is 6.27. The Bertz CT molecular complexity index is 681. The SMILES string of the molecule is Cc1cc2c(cc1O)sc1cc(Br)c(C)cc12. The number of phenolic OH excluding ortho intramolecular Hbond substituents is 1. The van der Waals surface area contributed by atoms with E-state index in [4.69, 9.17) is 0 Å². The van der Waals surface area contributed by atoms with Crippen molar-refractivity contribution in [2.24, 2.45) is 0 Å². The Morgan fingerprint density at radius 1 is 0.941 bits per heavy atom. The first kappa shape index (κ1) is 11.1. The number of benzene rings is 2. The molecule has 0 amide bonds. The molecule has 3 rings (SSSR count). The quantitative estimate of drug-likeness (QED) is 0.610. The van der Waals surface area contributed by atoms with Gasteiger partial charge in [-0.25, -0.2) is 0 Å². The van der Waals surface area contributed by atoms with Crippen LogP contribution in [-0.2, 0) is 0 Å². The van der Waals surface area contributed by atoms with Crippen LogP contribution in [0.3, 0.4) is 0 Å². The van der Waals surface area contributed by atoms with Crippen molar-refractivity contribution in [2.45, 2.75) is 13.8 Å². The highest BCUT2D eigenvalue weighted by atomic mass is 79.9. The van der Waals surface area contributed by atoms with E-state index < -0.39 is 0 Å². The van der Waals surface area contributed by atoms with Crippen molar-refractivity contribution < 1.29 is 5.11 Å². The summed E-state index contributed by atoms with van der Waals surface area (Å²) in [6, 6.07) is 8.28. The molecule has 0 unspecified atom stereocenters. The molecule has 0 aliphatic rings. The van der Waals surface area contributed by atoms with E-state index in [1.54, 1.807) is 11.3 Å². The van der Waals surface area contributed by atoms with Crippen LogP contribution in [0.1, 0.15) is 11.1 Å². The van der Waals surface area contributed by atoms with Crippen LogP contribution >= 0.6 is 27.3 Å². The highest BCUT2D eigenvalue weighted by Crippen LogP contribution is 2.39. The predicted octanol–water partition coefficient (Wildman–Crippen LogP) is 5.14. The minimum absolute atomic E-state index is 0.375. The lowest BCUT2D eigenvalue weighted by Gasteiger charge is -2.00. The molecule has 86 valence electrons. The highest BCUT2D eigenvalue weighted by Gasteiger charge is 2.09. The van der Waals surface area contributed by atoms with Crippen molar-refractivity contribution in [1.29, 1.82) is 0 Å². The molecule has 0 aliphatic heterocycles. The first-order valence-corrected chi connectivity index (χ1v) is 6.99. The molecule has 0 aliphatic carbocycles. The standard InChI is InChI=1S/C14H11BrOS/c1-7-3-9-10-4-8(2)12(16)6-14(10)17-13(9)5-11(7)15/h3-6,16H,1-2H3. The molecule has 0 radical (unpaired) electrons. The first-order chi connectivity index (χ1) is 8.06. The van der Waals surface area contributed by atoms with E-state index in [0.717, 1.165) is 14.7 Å². The summed E-state index contributed by atoms with van der Waals surface area (Å²) in [7, 11) is 0. The van der Waals surface area contributed by atoms with Crippen molar-refractivity contribution >= 4 is 47.4 Å². The predicted molar refractivity (Wildman–Crippen MR) is 78.2 cm³/mol. The molecule has 0 saturated carbocycles. The first-order valence-electron chi connectivity index (χ1n) is 5.38. The fraction of sp³-hybridized carbons (Fsp3) is 0.143. The summed E-state index contributed by atoms with van der Waals surface area (Å²) in [6.07, 6.45) is 0. The number of phenols is 1. The van der Waals surface area contributed by atoms with Gasteiger partial charge in [-0.2, -0.15) is 0 Å². The van der Waals surface area contributed by atoms with E-state index >= 15 is 0 Å². The van der Waals surface area contributed by atoms with Crippen molar-refractivity contribution in [3.8, 4) is 5.75 Å². The molecule has 1 nitrogen and oxygen atoms in total. The van der Waals surface area contributed by atoms with Crippen LogP contribution in [0.2, 0.25) is 0 Å². The molecular weight excluding hydrogens is 296 g/mol. The lowest BCUT2D eigenvalue weighted by molar-refractivity contribution is 0.472. The van der Waals surface area contributed by atoms with Crippen LogP contribution in [0.5, 0.6) is 5.75 Å². The maximum absolute atomic E-state index is 9.75. The Morgan fingerprint density at radius 2 is 1.53 bits per heavy atom. The minimum Gasteiger partial charge on any atom is -0.508 e. The molecule has 0 bridgehead atoms. The molecule has 2 aromatic carbocycles. The van der Waals surface area contributed by atoms with E-state index in [0.29, 0.717) is 5.75 Å². The van der Waals surface area contributed by atoms with Crippen LogP contribution in [0.25, 0.3) is 20.2 Å². The van der Waals surface area contributed by atoms with E-state index in [-0.39, 0.29) is 0 Å². The van der Waals surface area contributed by atoms with E-state index in [2.05, 4.69) is 41.1 Å². The molecule has 1 heterocycles. The van der Waals surface area contributed by atoms with Crippen LogP contribution in [0, 0.1) is 13.8 Å². The minimum atomic E-state index is 0.375. The Morgan fingerprint density at radius 3 is 2.24 bits per heavy atom. The monoisotopic (exact) mass is 306 g/mol. The van der Waals surface area contributed by atoms with Gasteiger partial charge in [0.05, 0.1) is 0 Å². The third kappa shape index (κ3) is 1.65. The van der Waals surface area contributed by atoms with Gasteiger partial charge < -0.3 is 5.11 Å². The topological polar surface area (TPSA) is 20.2 Å². The molecule has 1 aromatic heterocycles. The number of hydrogen-bond acceptors (Lipinski definition) is 2. The van der Waals surface area contributed by atoms with E-state index in [9.17, 15) is 5.11 Å².